The van der Waals surface area contributed by atoms with Gasteiger partial charge in [0, 0.05) is 0 Å². The molecular weight excluding hydrogens is 254 g/mol. The first-order valence-electron chi connectivity index (χ1n) is 9.64. The van der Waals surface area contributed by atoms with Crippen LogP contribution in [-0.2, 0) is 0 Å². The summed E-state index contributed by atoms with van der Waals surface area (Å²) in [6.45, 7) is 4.55. The van der Waals surface area contributed by atoms with Crippen LogP contribution < -0.4 is 0 Å². The van der Waals surface area contributed by atoms with Crippen molar-refractivity contribution in [2.24, 2.45) is 23.2 Å². The minimum atomic E-state index is 0.0478. The lowest BCUT2D eigenvalue weighted by molar-refractivity contribution is 0.0618. The third kappa shape index (κ3) is 4.48. The summed E-state index contributed by atoms with van der Waals surface area (Å²) in [5.41, 5.74) is 0.0478. The quantitative estimate of drug-likeness (QED) is 0.492. The molecule has 1 unspecified atom stereocenters. The lowest BCUT2D eigenvalue weighted by atomic mass is 9.58. The van der Waals surface area contributed by atoms with Gasteiger partial charge >= 0.3 is 0 Å². The molecule has 0 aromatic rings. The van der Waals surface area contributed by atoms with Gasteiger partial charge in [-0.05, 0) is 56.3 Å². The normalized spacial score (nSPS) is 36.0. The first kappa shape index (κ1) is 16.9. The standard InChI is InChI=1S/C20H35N/c1-3-5-7-8-17-9-10-19-15-20(16-21,12-6-4-2)13-11-18(19)14-17/h17-19H,3-15H2,1-2H3/t17-,18+,19?,20-/m0/s1. The van der Waals surface area contributed by atoms with Crippen LogP contribution in [0.25, 0.3) is 0 Å². The molecule has 120 valence electrons. The number of hydrogen-bond acceptors (Lipinski definition) is 1. The Morgan fingerprint density at radius 3 is 2.52 bits per heavy atom. The van der Waals surface area contributed by atoms with E-state index in [2.05, 4.69) is 19.9 Å². The Bertz CT molecular complexity index is 342. The van der Waals surface area contributed by atoms with E-state index in [1.54, 1.807) is 0 Å². The SMILES string of the molecule is CCCCC[C@H]1CCC2C[C@](C#N)(CCCC)CC[C@@H]2C1. The predicted octanol–water partition coefficient (Wildman–Crippen LogP) is 6.48. The number of rotatable bonds is 7. The fourth-order valence-corrected chi connectivity index (χ4v) is 4.96. The largest absolute Gasteiger partial charge is 0.198 e. The lowest BCUT2D eigenvalue weighted by Gasteiger charge is -2.45. The highest BCUT2D eigenvalue weighted by Crippen LogP contribution is 2.51. The summed E-state index contributed by atoms with van der Waals surface area (Å²) in [7, 11) is 0. The smallest absolute Gasteiger partial charge is 0.0689 e. The second-order valence-corrected chi connectivity index (χ2v) is 7.93. The van der Waals surface area contributed by atoms with Crippen LogP contribution in [0.4, 0.5) is 0 Å². The predicted molar refractivity (Wildman–Crippen MR) is 89.9 cm³/mol. The first-order valence-corrected chi connectivity index (χ1v) is 9.64. The van der Waals surface area contributed by atoms with Gasteiger partial charge < -0.3 is 0 Å². The van der Waals surface area contributed by atoms with Crippen LogP contribution in [0.3, 0.4) is 0 Å². The van der Waals surface area contributed by atoms with Crippen molar-refractivity contribution in [3.05, 3.63) is 0 Å². The van der Waals surface area contributed by atoms with E-state index in [0.29, 0.717) is 0 Å². The van der Waals surface area contributed by atoms with E-state index < -0.39 is 0 Å². The Morgan fingerprint density at radius 1 is 1.00 bits per heavy atom. The third-order valence-corrected chi connectivity index (χ3v) is 6.36. The van der Waals surface area contributed by atoms with Gasteiger partial charge in [-0.15, -0.1) is 0 Å². The van der Waals surface area contributed by atoms with Gasteiger partial charge in [-0.3, -0.25) is 0 Å². The zero-order chi connectivity index (χ0) is 15.1. The molecule has 0 radical (unpaired) electrons. The monoisotopic (exact) mass is 289 g/mol. The molecule has 0 aromatic heterocycles. The van der Waals surface area contributed by atoms with E-state index in [1.807, 2.05) is 0 Å². The minimum absolute atomic E-state index is 0.0478. The van der Waals surface area contributed by atoms with Crippen molar-refractivity contribution >= 4 is 0 Å². The van der Waals surface area contributed by atoms with Crippen LogP contribution in [0.2, 0.25) is 0 Å². The van der Waals surface area contributed by atoms with Crippen molar-refractivity contribution in [2.45, 2.75) is 97.3 Å². The molecule has 0 aliphatic heterocycles. The Balaban J connectivity index is 1.83. The molecule has 21 heavy (non-hydrogen) atoms. The highest BCUT2D eigenvalue weighted by atomic mass is 14.5. The zero-order valence-corrected chi connectivity index (χ0v) is 14.4. The van der Waals surface area contributed by atoms with Crippen molar-refractivity contribution in [1.82, 2.24) is 0 Å². The van der Waals surface area contributed by atoms with Gasteiger partial charge in [0.05, 0.1) is 11.5 Å². The van der Waals surface area contributed by atoms with Crippen molar-refractivity contribution in [2.75, 3.05) is 0 Å². The van der Waals surface area contributed by atoms with Crippen LogP contribution in [0.15, 0.2) is 0 Å². The van der Waals surface area contributed by atoms with Gasteiger partial charge in [0.25, 0.3) is 0 Å². The molecule has 4 atom stereocenters. The van der Waals surface area contributed by atoms with E-state index in [1.165, 1.54) is 77.0 Å². The first-order chi connectivity index (χ1) is 10.2. The maximum absolute atomic E-state index is 9.70. The van der Waals surface area contributed by atoms with Gasteiger partial charge in [0.1, 0.15) is 0 Å². The maximum Gasteiger partial charge on any atom is 0.0689 e. The Kier molecular flexibility index (Phi) is 6.59. The molecule has 2 saturated carbocycles. The fraction of sp³-hybridized carbons (Fsp3) is 0.950. The van der Waals surface area contributed by atoms with Crippen LogP contribution in [0.1, 0.15) is 97.3 Å². The third-order valence-electron chi connectivity index (χ3n) is 6.36. The topological polar surface area (TPSA) is 23.8 Å². The number of hydrogen-bond donors (Lipinski definition) is 0. The molecule has 2 rings (SSSR count). The van der Waals surface area contributed by atoms with Crippen LogP contribution in [0.5, 0.6) is 0 Å². The molecule has 1 nitrogen and oxygen atoms in total. The summed E-state index contributed by atoms with van der Waals surface area (Å²) >= 11 is 0. The number of fused-ring (bicyclic) bond motifs is 1. The summed E-state index contributed by atoms with van der Waals surface area (Å²) in [6.07, 6.45) is 17.4. The highest BCUT2D eigenvalue weighted by molar-refractivity contribution is 5.04. The average molecular weight is 290 g/mol. The molecule has 0 spiro atoms. The molecule has 2 aliphatic carbocycles. The molecule has 0 amide bonds. The second kappa shape index (κ2) is 8.21. The van der Waals surface area contributed by atoms with Crippen molar-refractivity contribution in [3.8, 4) is 6.07 Å². The fourth-order valence-electron chi connectivity index (χ4n) is 4.96. The lowest BCUT2D eigenvalue weighted by Crippen LogP contribution is -2.36. The zero-order valence-electron chi connectivity index (χ0n) is 14.4. The van der Waals surface area contributed by atoms with Crippen molar-refractivity contribution in [1.29, 1.82) is 5.26 Å². The van der Waals surface area contributed by atoms with Crippen LogP contribution in [-0.4, -0.2) is 0 Å². The Morgan fingerprint density at radius 2 is 1.81 bits per heavy atom. The van der Waals surface area contributed by atoms with Gasteiger partial charge in [-0.2, -0.15) is 5.26 Å². The average Bonchev–Trinajstić information content (AvgIpc) is 2.53. The maximum atomic E-state index is 9.70. The molecule has 1 heteroatoms. The molecule has 2 fully saturated rings. The molecule has 2 aliphatic rings. The Hall–Kier alpha value is -0.510. The van der Waals surface area contributed by atoms with Gasteiger partial charge in [-0.1, -0.05) is 58.8 Å². The molecule has 0 bridgehead atoms. The van der Waals surface area contributed by atoms with E-state index >= 15 is 0 Å². The van der Waals surface area contributed by atoms with E-state index in [-0.39, 0.29) is 5.41 Å². The van der Waals surface area contributed by atoms with E-state index in [4.69, 9.17) is 0 Å². The summed E-state index contributed by atoms with van der Waals surface area (Å²) < 4.78 is 0. The van der Waals surface area contributed by atoms with Crippen molar-refractivity contribution in [3.63, 3.8) is 0 Å². The summed E-state index contributed by atoms with van der Waals surface area (Å²) in [4.78, 5) is 0. The van der Waals surface area contributed by atoms with E-state index in [0.717, 1.165) is 24.2 Å². The molecule has 0 N–H and O–H groups in total. The Labute approximate surface area is 132 Å². The highest BCUT2D eigenvalue weighted by Gasteiger charge is 2.42. The second-order valence-electron chi connectivity index (χ2n) is 7.93. The van der Waals surface area contributed by atoms with Crippen LogP contribution in [0, 0.1) is 34.5 Å². The summed E-state index contributed by atoms with van der Waals surface area (Å²) in [6, 6.07) is 2.74. The molecular formula is C20H35N. The molecule has 0 heterocycles. The van der Waals surface area contributed by atoms with E-state index in [9.17, 15) is 5.26 Å². The van der Waals surface area contributed by atoms with Crippen molar-refractivity contribution < 1.29 is 0 Å². The number of nitriles is 1. The van der Waals surface area contributed by atoms with Crippen LogP contribution >= 0.6 is 0 Å². The minimum Gasteiger partial charge on any atom is -0.198 e. The molecule has 0 aromatic carbocycles. The van der Waals surface area contributed by atoms with Gasteiger partial charge in [0.15, 0.2) is 0 Å². The van der Waals surface area contributed by atoms with Gasteiger partial charge in [0.2, 0.25) is 0 Å². The number of nitrogens with zero attached hydrogens (tertiary/aromatic N) is 1. The number of unbranched alkanes of at least 4 members (excludes halogenated alkanes) is 3. The molecule has 0 saturated heterocycles. The summed E-state index contributed by atoms with van der Waals surface area (Å²) in [5, 5.41) is 9.70. The summed E-state index contributed by atoms with van der Waals surface area (Å²) in [5.74, 6) is 2.83. The van der Waals surface area contributed by atoms with Gasteiger partial charge in [-0.25, -0.2) is 0 Å².